The second-order valence-corrected chi connectivity index (χ2v) is 5.89. The number of methoxy groups -OCH3 is 1. The van der Waals surface area contributed by atoms with Gasteiger partial charge in [-0.05, 0) is 12.1 Å². The summed E-state index contributed by atoms with van der Waals surface area (Å²) in [6, 6.07) is 12.1. The number of nitrogens with two attached hydrogens (primary N) is 1. The predicted molar refractivity (Wildman–Crippen MR) is 98.7 cm³/mol. The number of H-pyrrole nitrogens is 1. The molecule has 2 aromatic carbocycles. The van der Waals surface area contributed by atoms with E-state index in [1.165, 1.54) is 28.6 Å². The maximum Gasteiger partial charge on any atom is 0.280 e. The summed E-state index contributed by atoms with van der Waals surface area (Å²) in [5, 5.41) is 9.92. The minimum atomic E-state index is -0.302. The fraction of sp³-hybridized carbons (Fsp3) is 0.111. The van der Waals surface area contributed by atoms with Gasteiger partial charge in [-0.25, -0.2) is 14.3 Å². The first-order chi connectivity index (χ1) is 12.5. The van der Waals surface area contributed by atoms with E-state index in [1.807, 2.05) is 24.3 Å². The average molecular weight is 351 g/mol. The molecule has 4 aromatic rings. The van der Waals surface area contributed by atoms with Crippen LogP contribution < -0.4 is 16.0 Å². The minimum absolute atomic E-state index is 0.00480. The summed E-state index contributed by atoms with van der Waals surface area (Å²) in [5.41, 5.74) is 8.32. The van der Waals surface area contributed by atoms with Crippen molar-refractivity contribution in [1.82, 2.24) is 19.3 Å². The third kappa shape index (κ3) is 2.31. The van der Waals surface area contributed by atoms with Gasteiger partial charge in [0.15, 0.2) is 0 Å². The molecular formula is C18H17N5O3. The van der Waals surface area contributed by atoms with Gasteiger partial charge < -0.3 is 20.6 Å². The molecule has 0 aliphatic rings. The molecule has 0 unspecified atom stereocenters. The number of fused-ring (bicyclic) bond motifs is 1. The number of hydrogen-bond donors (Lipinski definition) is 3. The molecule has 0 aliphatic carbocycles. The average Bonchev–Trinajstić information content (AvgIpc) is 3.13. The lowest BCUT2D eigenvalue weighted by molar-refractivity contribution is 0.407. The van der Waals surface area contributed by atoms with Crippen LogP contribution in [0.4, 0.5) is 5.82 Å². The second kappa shape index (κ2) is 5.69. The van der Waals surface area contributed by atoms with Crippen molar-refractivity contribution in [1.29, 1.82) is 0 Å². The summed E-state index contributed by atoms with van der Waals surface area (Å²) in [4.78, 5) is 20.4. The Morgan fingerprint density at radius 1 is 1.23 bits per heavy atom. The molecule has 0 saturated heterocycles. The highest BCUT2D eigenvalue weighted by Gasteiger charge is 2.21. The summed E-state index contributed by atoms with van der Waals surface area (Å²) >= 11 is 0. The summed E-state index contributed by atoms with van der Waals surface area (Å²) in [6.07, 6.45) is 0. The van der Waals surface area contributed by atoms with E-state index in [0.717, 1.165) is 11.0 Å². The van der Waals surface area contributed by atoms with Crippen LogP contribution in [-0.2, 0) is 7.05 Å². The zero-order valence-corrected chi connectivity index (χ0v) is 14.2. The lowest BCUT2D eigenvalue weighted by Gasteiger charge is -2.11. The van der Waals surface area contributed by atoms with Gasteiger partial charge in [-0.2, -0.15) is 0 Å². The molecule has 0 spiro atoms. The van der Waals surface area contributed by atoms with Gasteiger partial charge in [0.05, 0.1) is 23.8 Å². The van der Waals surface area contributed by atoms with E-state index in [4.69, 9.17) is 10.5 Å². The van der Waals surface area contributed by atoms with Gasteiger partial charge in [-0.3, -0.25) is 4.79 Å². The zero-order chi connectivity index (χ0) is 18.4. The minimum Gasteiger partial charge on any atom is -0.508 e. The number of phenols is 1. The number of hydrogen-bond acceptors (Lipinski definition) is 5. The number of anilines is 1. The summed E-state index contributed by atoms with van der Waals surface area (Å²) in [5.74, 6) is 1.07. The normalized spacial score (nSPS) is 11.2. The number of phenolic OH excluding ortho intramolecular Hbond substituents is 1. The van der Waals surface area contributed by atoms with Gasteiger partial charge in [-0.15, -0.1) is 0 Å². The molecule has 2 aromatic heterocycles. The molecule has 132 valence electrons. The first-order valence-electron chi connectivity index (χ1n) is 7.90. The third-order valence-electron chi connectivity index (χ3n) is 4.27. The first-order valence-corrected chi connectivity index (χ1v) is 7.90. The topological polar surface area (TPSA) is 111 Å². The molecule has 0 atom stereocenters. The lowest BCUT2D eigenvalue weighted by atomic mass is 10.2. The number of imidazole rings is 1. The number of nitrogens with one attached hydrogen (secondary N) is 1. The largest absolute Gasteiger partial charge is 0.508 e. The molecule has 26 heavy (non-hydrogen) atoms. The monoisotopic (exact) mass is 351 g/mol. The Hall–Kier alpha value is -3.68. The van der Waals surface area contributed by atoms with Crippen LogP contribution in [0.25, 0.3) is 28.1 Å². The van der Waals surface area contributed by atoms with Crippen molar-refractivity contribution in [2.75, 3.05) is 12.8 Å². The number of para-hydroxylation sites is 2. The molecule has 8 heteroatoms. The number of benzene rings is 2. The second-order valence-electron chi connectivity index (χ2n) is 5.89. The number of aromatic amines is 1. The number of rotatable bonds is 3. The maximum atomic E-state index is 12.8. The third-order valence-corrected chi connectivity index (χ3v) is 4.27. The Kier molecular flexibility index (Phi) is 3.47. The Morgan fingerprint density at radius 3 is 2.73 bits per heavy atom. The van der Waals surface area contributed by atoms with Crippen molar-refractivity contribution in [3.63, 3.8) is 0 Å². The highest BCUT2D eigenvalue weighted by molar-refractivity contribution is 5.81. The van der Waals surface area contributed by atoms with Gasteiger partial charge in [0.25, 0.3) is 5.56 Å². The Bertz CT molecular complexity index is 1150. The smallest absolute Gasteiger partial charge is 0.280 e. The van der Waals surface area contributed by atoms with Crippen LogP contribution in [0.1, 0.15) is 0 Å². The van der Waals surface area contributed by atoms with Crippen LogP contribution in [0.3, 0.4) is 0 Å². The number of nitrogens with zero attached hydrogens (tertiary/aromatic N) is 3. The Labute approximate surface area is 148 Å². The van der Waals surface area contributed by atoms with Crippen LogP contribution in [0.2, 0.25) is 0 Å². The molecule has 0 fully saturated rings. The van der Waals surface area contributed by atoms with Crippen molar-refractivity contribution in [2.24, 2.45) is 7.05 Å². The highest BCUT2D eigenvalue weighted by atomic mass is 16.5. The van der Waals surface area contributed by atoms with Crippen molar-refractivity contribution < 1.29 is 9.84 Å². The SMILES string of the molecule is COc1cc(O)cc(-n2c(N)c(-c3nc4ccccc4[nH]3)c(=O)n2C)c1. The van der Waals surface area contributed by atoms with Gasteiger partial charge in [-0.1, -0.05) is 12.1 Å². The number of ether oxygens (including phenoxy) is 1. The van der Waals surface area contributed by atoms with Crippen molar-refractivity contribution in [3.8, 4) is 28.6 Å². The molecule has 0 radical (unpaired) electrons. The molecule has 0 bridgehead atoms. The van der Waals surface area contributed by atoms with E-state index in [-0.39, 0.29) is 22.7 Å². The predicted octanol–water partition coefficient (Wildman–Crippen LogP) is 2.02. The van der Waals surface area contributed by atoms with Crippen LogP contribution in [-0.4, -0.2) is 31.5 Å². The summed E-state index contributed by atoms with van der Waals surface area (Å²) in [7, 11) is 3.10. The van der Waals surface area contributed by atoms with Crippen molar-refractivity contribution >= 4 is 16.9 Å². The standard InChI is InChI=1S/C18H17N5O3/c1-22-18(25)15(17-20-13-5-3-4-6-14(13)21-17)16(19)23(22)10-7-11(24)9-12(8-10)26-2/h3-9,24H,19H2,1-2H3,(H,20,21). The van der Waals surface area contributed by atoms with Gasteiger partial charge in [0.2, 0.25) is 0 Å². The maximum absolute atomic E-state index is 12.8. The molecule has 2 heterocycles. The fourth-order valence-electron chi connectivity index (χ4n) is 3.04. The molecular weight excluding hydrogens is 334 g/mol. The summed E-state index contributed by atoms with van der Waals surface area (Å²) in [6.45, 7) is 0. The highest BCUT2D eigenvalue weighted by Crippen LogP contribution is 2.29. The number of aromatic hydroxyl groups is 1. The zero-order valence-electron chi connectivity index (χ0n) is 14.2. The summed E-state index contributed by atoms with van der Waals surface area (Å²) < 4.78 is 8.05. The Morgan fingerprint density at radius 2 is 2.00 bits per heavy atom. The Balaban J connectivity index is 1.96. The van der Waals surface area contributed by atoms with Crippen molar-refractivity contribution in [3.05, 3.63) is 52.8 Å². The molecule has 8 nitrogen and oxygen atoms in total. The van der Waals surface area contributed by atoms with Gasteiger partial charge in [0.1, 0.15) is 28.7 Å². The van der Waals surface area contributed by atoms with Crippen LogP contribution in [0.5, 0.6) is 11.5 Å². The first kappa shape index (κ1) is 15.8. The lowest BCUT2D eigenvalue weighted by Crippen LogP contribution is -2.19. The number of nitrogen functional groups attached to an aromatic ring is 1. The molecule has 0 aliphatic heterocycles. The van der Waals surface area contributed by atoms with E-state index in [9.17, 15) is 9.90 Å². The molecule has 4 rings (SSSR count). The van der Waals surface area contributed by atoms with E-state index in [0.29, 0.717) is 17.3 Å². The van der Waals surface area contributed by atoms with Gasteiger partial charge in [0, 0.05) is 25.2 Å². The van der Waals surface area contributed by atoms with E-state index >= 15 is 0 Å². The van der Waals surface area contributed by atoms with Crippen LogP contribution in [0.15, 0.2) is 47.3 Å². The van der Waals surface area contributed by atoms with E-state index in [1.54, 1.807) is 13.1 Å². The van der Waals surface area contributed by atoms with Crippen LogP contribution in [0, 0.1) is 0 Å². The van der Waals surface area contributed by atoms with Crippen molar-refractivity contribution in [2.45, 2.75) is 0 Å². The van der Waals surface area contributed by atoms with Gasteiger partial charge >= 0.3 is 0 Å². The fourth-order valence-corrected chi connectivity index (χ4v) is 3.04. The quantitative estimate of drug-likeness (QED) is 0.523. The van der Waals surface area contributed by atoms with E-state index < -0.39 is 0 Å². The van der Waals surface area contributed by atoms with Crippen LogP contribution >= 0.6 is 0 Å². The number of aromatic nitrogens is 4. The van der Waals surface area contributed by atoms with E-state index in [2.05, 4.69) is 9.97 Å². The molecule has 0 amide bonds. The molecule has 4 N–H and O–H groups in total. The molecule has 0 saturated carbocycles.